The van der Waals surface area contributed by atoms with Crippen molar-refractivity contribution < 1.29 is 28.5 Å². The fourth-order valence-corrected chi connectivity index (χ4v) is 3.97. The number of rotatable bonds is 6. The Morgan fingerprint density at radius 1 is 1.12 bits per heavy atom. The van der Waals surface area contributed by atoms with E-state index < -0.39 is 0 Å². The van der Waals surface area contributed by atoms with Crippen molar-refractivity contribution in [3.05, 3.63) is 57.9 Å². The SMILES string of the molecule is CCOC(=O)N1CCN(Cc2c(O)ccc3c(=O)c(Oc4cccc(OC)c4)c(C)oc23)CC1. The number of phenolic OH excluding ortho intramolecular Hbond substituents is 1. The third-order valence-electron chi connectivity index (χ3n) is 5.80. The molecule has 2 heterocycles. The maximum absolute atomic E-state index is 13.3. The van der Waals surface area contributed by atoms with Gasteiger partial charge in [0.15, 0.2) is 0 Å². The molecule has 180 valence electrons. The molecular weight excluding hydrogens is 440 g/mol. The van der Waals surface area contributed by atoms with E-state index in [2.05, 4.69) is 4.90 Å². The van der Waals surface area contributed by atoms with Gasteiger partial charge < -0.3 is 28.6 Å². The highest BCUT2D eigenvalue weighted by atomic mass is 16.6. The van der Waals surface area contributed by atoms with Crippen molar-refractivity contribution in [2.75, 3.05) is 39.9 Å². The lowest BCUT2D eigenvalue weighted by Gasteiger charge is -2.34. The van der Waals surface area contributed by atoms with Crippen LogP contribution >= 0.6 is 0 Å². The number of methoxy groups -OCH3 is 1. The van der Waals surface area contributed by atoms with Crippen LogP contribution < -0.4 is 14.9 Å². The van der Waals surface area contributed by atoms with Crippen LogP contribution in [0, 0.1) is 6.92 Å². The van der Waals surface area contributed by atoms with Crippen molar-refractivity contribution in [2.24, 2.45) is 0 Å². The number of carbonyl (C=O) groups is 1. The molecule has 3 aromatic rings. The molecule has 2 aromatic carbocycles. The molecular formula is C25H28N2O7. The maximum Gasteiger partial charge on any atom is 0.409 e. The molecule has 9 nitrogen and oxygen atoms in total. The van der Waals surface area contributed by atoms with Crippen molar-refractivity contribution in [1.82, 2.24) is 9.80 Å². The maximum atomic E-state index is 13.3. The molecule has 0 radical (unpaired) electrons. The summed E-state index contributed by atoms with van der Waals surface area (Å²) in [4.78, 5) is 29.0. The van der Waals surface area contributed by atoms with Crippen LogP contribution in [0.25, 0.3) is 11.0 Å². The highest BCUT2D eigenvalue weighted by Crippen LogP contribution is 2.32. The van der Waals surface area contributed by atoms with Crippen molar-refractivity contribution in [3.63, 3.8) is 0 Å². The predicted octanol–water partition coefficient (Wildman–Crippen LogP) is 3.88. The molecule has 0 unspecified atom stereocenters. The Morgan fingerprint density at radius 2 is 1.85 bits per heavy atom. The van der Waals surface area contributed by atoms with E-state index >= 15 is 0 Å². The summed E-state index contributed by atoms with van der Waals surface area (Å²) in [6.45, 7) is 6.40. The zero-order valence-corrected chi connectivity index (χ0v) is 19.5. The summed E-state index contributed by atoms with van der Waals surface area (Å²) in [6.07, 6.45) is -0.319. The first kappa shape index (κ1) is 23.4. The van der Waals surface area contributed by atoms with Crippen LogP contribution in [-0.4, -0.2) is 60.9 Å². The summed E-state index contributed by atoms with van der Waals surface area (Å²) >= 11 is 0. The average molecular weight is 469 g/mol. The van der Waals surface area contributed by atoms with E-state index in [-0.39, 0.29) is 23.0 Å². The Balaban J connectivity index is 1.60. The van der Waals surface area contributed by atoms with Crippen LogP contribution in [-0.2, 0) is 11.3 Å². The molecule has 0 aliphatic carbocycles. The molecule has 1 amide bonds. The molecule has 0 bridgehead atoms. The first-order valence-electron chi connectivity index (χ1n) is 11.2. The van der Waals surface area contributed by atoms with Crippen molar-refractivity contribution in [2.45, 2.75) is 20.4 Å². The molecule has 1 aliphatic rings. The van der Waals surface area contributed by atoms with Gasteiger partial charge in [0.05, 0.1) is 24.7 Å². The number of fused-ring (bicyclic) bond motifs is 1. The minimum atomic E-state index is -0.324. The van der Waals surface area contributed by atoms with E-state index in [1.165, 1.54) is 12.1 Å². The zero-order valence-electron chi connectivity index (χ0n) is 19.5. The van der Waals surface area contributed by atoms with Gasteiger partial charge in [0.25, 0.3) is 0 Å². The topological polar surface area (TPSA) is 102 Å². The van der Waals surface area contributed by atoms with E-state index in [1.807, 2.05) is 0 Å². The number of hydrogen-bond acceptors (Lipinski definition) is 8. The molecule has 1 saturated heterocycles. The van der Waals surface area contributed by atoms with Gasteiger partial charge in [-0.15, -0.1) is 0 Å². The Hall–Kier alpha value is -3.72. The number of aromatic hydroxyl groups is 1. The van der Waals surface area contributed by atoms with Gasteiger partial charge in [-0.05, 0) is 38.1 Å². The number of piperazine rings is 1. The summed E-state index contributed by atoms with van der Waals surface area (Å²) in [7, 11) is 1.56. The molecule has 0 spiro atoms. The summed E-state index contributed by atoms with van der Waals surface area (Å²) in [5.74, 6) is 1.49. The lowest BCUT2D eigenvalue weighted by Crippen LogP contribution is -2.48. The highest BCUT2D eigenvalue weighted by Gasteiger charge is 2.25. The molecule has 1 fully saturated rings. The number of hydrogen-bond donors (Lipinski definition) is 1. The van der Waals surface area contributed by atoms with Gasteiger partial charge in [0.2, 0.25) is 11.2 Å². The van der Waals surface area contributed by atoms with Gasteiger partial charge in [0.1, 0.15) is 28.6 Å². The van der Waals surface area contributed by atoms with Crippen LogP contribution in [0.2, 0.25) is 0 Å². The number of aryl methyl sites for hydroxylation is 1. The van der Waals surface area contributed by atoms with Gasteiger partial charge >= 0.3 is 6.09 Å². The molecule has 1 aromatic heterocycles. The van der Waals surface area contributed by atoms with E-state index in [0.717, 1.165) is 0 Å². The quantitative estimate of drug-likeness (QED) is 0.582. The second-order valence-corrected chi connectivity index (χ2v) is 8.00. The Kier molecular flexibility index (Phi) is 6.93. The second kappa shape index (κ2) is 10.0. The van der Waals surface area contributed by atoms with E-state index in [9.17, 15) is 14.7 Å². The molecule has 1 aliphatic heterocycles. The van der Waals surface area contributed by atoms with E-state index in [0.29, 0.717) is 73.1 Å². The number of amides is 1. The normalized spacial score (nSPS) is 14.3. The number of nitrogens with zero attached hydrogens (tertiary/aromatic N) is 2. The number of carbonyl (C=O) groups excluding carboxylic acids is 1. The van der Waals surface area contributed by atoms with Gasteiger partial charge in [-0.1, -0.05) is 6.07 Å². The zero-order chi connectivity index (χ0) is 24.2. The summed E-state index contributed by atoms with van der Waals surface area (Å²) in [6, 6.07) is 9.99. The Morgan fingerprint density at radius 3 is 2.56 bits per heavy atom. The van der Waals surface area contributed by atoms with Crippen molar-refractivity contribution in [1.29, 1.82) is 0 Å². The number of phenols is 1. The Labute approximate surface area is 197 Å². The van der Waals surface area contributed by atoms with E-state index in [1.54, 1.807) is 50.1 Å². The molecule has 0 saturated carbocycles. The van der Waals surface area contributed by atoms with Crippen LogP contribution in [0.1, 0.15) is 18.2 Å². The first-order valence-corrected chi connectivity index (χ1v) is 11.2. The fraction of sp³-hybridized carbons (Fsp3) is 0.360. The summed E-state index contributed by atoms with van der Waals surface area (Å²) in [5, 5.41) is 10.9. The highest BCUT2D eigenvalue weighted by molar-refractivity contribution is 5.83. The molecule has 34 heavy (non-hydrogen) atoms. The van der Waals surface area contributed by atoms with Gasteiger partial charge in [0, 0.05) is 38.8 Å². The second-order valence-electron chi connectivity index (χ2n) is 8.00. The molecule has 1 N–H and O–H groups in total. The standard InChI is InChI=1S/C25H28N2O7/c1-4-32-25(30)27-12-10-26(11-13-27)15-20-21(28)9-8-19-22(29)23(16(2)33-24(19)20)34-18-7-5-6-17(14-18)31-3/h5-9,14,28H,4,10-13,15H2,1-3H3. The predicted molar refractivity (Wildman–Crippen MR) is 126 cm³/mol. The fourth-order valence-electron chi connectivity index (χ4n) is 3.97. The minimum absolute atomic E-state index is 0.0457. The van der Waals surface area contributed by atoms with Gasteiger partial charge in [-0.3, -0.25) is 9.69 Å². The molecule has 4 rings (SSSR count). The van der Waals surface area contributed by atoms with Crippen molar-refractivity contribution >= 4 is 17.1 Å². The van der Waals surface area contributed by atoms with Crippen molar-refractivity contribution in [3.8, 4) is 23.0 Å². The van der Waals surface area contributed by atoms with Gasteiger partial charge in [-0.25, -0.2) is 4.79 Å². The number of benzene rings is 2. The van der Waals surface area contributed by atoms with Crippen LogP contribution in [0.3, 0.4) is 0 Å². The average Bonchev–Trinajstić information content (AvgIpc) is 2.84. The smallest absolute Gasteiger partial charge is 0.409 e. The lowest BCUT2D eigenvalue weighted by molar-refractivity contribution is 0.0776. The Bertz CT molecular complexity index is 1250. The summed E-state index contributed by atoms with van der Waals surface area (Å²) < 4.78 is 22.2. The third-order valence-corrected chi connectivity index (χ3v) is 5.80. The van der Waals surface area contributed by atoms with Gasteiger partial charge in [-0.2, -0.15) is 0 Å². The van der Waals surface area contributed by atoms with E-state index in [4.69, 9.17) is 18.6 Å². The number of ether oxygens (including phenoxy) is 3. The molecule has 9 heteroatoms. The minimum Gasteiger partial charge on any atom is -0.507 e. The summed E-state index contributed by atoms with van der Waals surface area (Å²) in [5.41, 5.74) is 0.526. The monoisotopic (exact) mass is 468 g/mol. The first-order chi connectivity index (χ1) is 16.4. The lowest BCUT2D eigenvalue weighted by atomic mass is 10.1. The molecule has 0 atom stereocenters. The van der Waals surface area contributed by atoms with Crippen LogP contribution in [0.15, 0.2) is 45.6 Å². The largest absolute Gasteiger partial charge is 0.507 e. The third kappa shape index (κ3) is 4.79. The van der Waals surface area contributed by atoms with Crippen LogP contribution in [0.5, 0.6) is 23.0 Å². The van der Waals surface area contributed by atoms with Crippen LogP contribution in [0.4, 0.5) is 4.79 Å².